The van der Waals surface area contributed by atoms with Gasteiger partial charge in [-0.05, 0) is 11.6 Å². The Morgan fingerprint density at radius 2 is 2.27 bits per heavy atom. The molecule has 6 heteroatoms. The maximum Gasteiger partial charge on any atom is 0.222 e. The monoisotopic (exact) mass is 226 g/mol. The average molecular weight is 227 g/mol. The lowest BCUT2D eigenvalue weighted by Crippen LogP contribution is -2.03. The lowest BCUT2D eigenvalue weighted by atomic mass is 10.3. The number of rotatable bonds is 2. The van der Waals surface area contributed by atoms with Gasteiger partial charge in [0.25, 0.3) is 0 Å². The Kier molecular flexibility index (Phi) is 2.64. The van der Waals surface area contributed by atoms with Crippen LogP contribution < -0.4 is 0 Å². The fraction of sp³-hybridized carbons (Fsp3) is 0.222. The van der Waals surface area contributed by atoms with Crippen molar-refractivity contribution in [2.24, 2.45) is 7.05 Å². The fourth-order valence-corrected chi connectivity index (χ4v) is 1.37. The largest absolute Gasteiger partial charge is 0.338 e. The van der Waals surface area contributed by atoms with Crippen molar-refractivity contribution in [3.05, 3.63) is 41.2 Å². The minimum absolute atomic E-state index is 0.0422. The number of aromatic nitrogens is 4. The molecule has 0 N–H and O–H groups in total. The Bertz CT molecular complexity index is 483. The van der Waals surface area contributed by atoms with Crippen molar-refractivity contribution < 1.29 is 4.39 Å². The second-order valence-electron chi connectivity index (χ2n) is 3.06. The zero-order valence-corrected chi connectivity index (χ0v) is 8.74. The minimum atomic E-state index is -0.470. The summed E-state index contributed by atoms with van der Waals surface area (Å²) in [5.74, 6) is 0.256. The van der Waals surface area contributed by atoms with E-state index in [0.29, 0.717) is 6.42 Å². The van der Waals surface area contributed by atoms with Crippen LogP contribution in [0.4, 0.5) is 4.39 Å². The van der Waals surface area contributed by atoms with Gasteiger partial charge in [-0.25, -0.2) is 19.3 Å². The van der Waals surface area contributed by atoms with Crippen molar-refractivity contribution in [1.82, 2.24) is 19.5 Å². The highest BCUT2D eigenvalue weighted by molar-refractivity contribution is 6.28. The van der Waals surface area contributed by atoms with Gasteiger partial charge in [0.1, 0.15) is 5.82 Å². The van der Waals surface area contributed by atoms with E-state index in [1.807, 2.05) is 7.05 Å². The van der Waals surface area contributed by atoms with E-state index in [4.69, 9.17) is 11.6 Å². The highest BCUT2D eigenvalue weighted by Gasteiger charge is 2.09. The van der Waals surface area contributed by atoms with E-state index in [1.165, 1.54) is 0 Å². The van der Waals surface area contributed by atoms with Crippen LogP contribution in [0.2, 0.25) is 5.28 Å². The van der Waals surface area contributed by atoms with E-state index in [1.54, 1.807) is 17.0 Å². The second kappa shape index (κ2) is 3.94. The normalized spacial score (nSPS) is 10.6. The minimum Gasteiger partial charge on any atom is -0.338 e. The lowest BCUT2D eigenvalue weighted by Gasteiger charge is -2.02. The summed E-state index contributed by atoms with van der Waals surface area (Å²) >= 11 is 5.58. The standard InChI is InChI=1S/C9H8ClFN4/c1-15-3-2-12-8(15)4-7-6(11)5-13-9(10)14-7/h2-3,5H,4H2,1H3. The first-order valence-electron chi connectivity index (χ1n) is 4.30. The van der Waals surface area contributed by atoms with Crippen LogP contribution in [0, 0.1) is 5.82 Å². The summed E-state index contributed by atoms with van der Waals surface area (Å²) in [6, 6.07) is 0. The molecular formula is C9H8ClFN4. The molecular weight excluding hydrogens is 219 g/mol. The van der Waals surface area contributed by atoms with E-state index in [0.717, 1.165) is 12.0 Å². The Morgan fingerprint density at radius 3 is 2.93 bits per heavy atom. The molecule has 4 nitrogen and oxygen atoms in total. The SMILES string of the molecule is Cn1ccnc1Cc1nc(Cl)ncc1F. The topological polar surface area (TPSA) is 43.6 Å². The van der Waals surface area contributed by atoms with Gasteiger partial charge in [0.2, 0.25) is 5.28 Å². The van der Waals surface area contributed by atoms with E-state index in [-0.39, 0.29) is 11.0 Å². The highest BCUT2D eigenvalue weighted by atomic mass is 35.5. The molecule has 0 aromatic carbocycles. The molecule has 2 aromatic rings. The molecule has 0 saturated heterocycles. The molecule has 0 unspecified atom stereocenters. The summed E-state index contributed by atoms with van der Waals surface area (Å²) in [5, 5.41) is 0.0422. The third kappa shape index (κ3) is 2.12. The van der Waals surface area contributed by atoms with E-state index in [2.05, 4.69) is 15.0 Å². The summed E-state index contributed by atoms with van der Waals surface area (Å²) in [5.41, 5.74) is 0.254. The van der Waals surface area contributed by atoms with Gasteiger partial charge in [-0.15, -0.1) is 0 Å². The van der Waals surface area contributed by atoms with Gasteiger partial charge < -0.3 is 4.57 Å². The molecule has 2 rings (SSSR count). The molecule has 0 spiro atoms. The van der Waals surface area contributed by atoms with Crippen LogP contribution >= 0.6 is 11.6 Å². The first-order chi connectivity index (χ1) is 7.16. The first kappa shape index (κ1) is 10.0. The predicted octanol–water partition coefficient (Wildman–Crippen LogP) is 1.59. The molecule has 0 saturated carbocycles. The summed E-state index contributed by atoms with van der Waals surface area (Å²) < 4.78 is 15.1. The Morgan fingerprint density at radius 1 is 1.47 bits per heavy atom. The van der Waals surface area contributed by atoms with Crippen LogP contribution in [0.5, 0.6) is 0 Å². The van der Waals surface area contributed by atoms with Crippen molar-refractivity contribution in [2.45, 2.75) is 6.42 Å². The van der Waals surface area contributed by atoms with Crippen LogP contribution in [-0.2, 0) is 13.5 Å². The van der Waals surface area contributed by atoms with Gasteiger partial charge in [0.15, 0.2) is 5.82 Å². The second-order valence-corrected chi connectivity index (χ2v) is 3.40. The molecule has 0 aliphatic heterocycles. The Labute approximate surface area is 90.8 Å². The number of hydrogen-bond donors (Lipinski definition) is 0. The van der Waals surface area contributed by atoms with Gasteiger partial charge in [0.05, 0.1) is 18.3 Å². The van der Waals surface area contributed by atoms with E-state index < -0.39 is 5.82 Å². The summed E-state index contributed by atoms with van der Waals surface area (Å²) in [4.78, 5) is 11.4. The average Bonchev–Trinajstić information content (AvgIpc) is 2.58. The van der Waals surface area contributed by atoms with Crippen LogP contribution in [-0.4, -0.2) is 19.5 Å². The third-order valence-electron chi connectivity index (χ3n) is 2.03. The van der Waals surface area contributed by atoms with Crippen molar-refractivity contribution >= 4 is 11.6 Å². The van der Waals surface area contributed by atoms with Gasteiger partial charge in [0, 0.05) is 19.4 Å². The number of nitrogens with zero attached hydrogens (tertiary/aromatic N) is 4. The molecule has 2 aromatic heterocycles. The molecule has 0 bridgehead atoms. The van der Waals surface area contributed by atoms with E-state index >= 15 is 0 Å². The zero-order chi connectivity index (χ0) is 10.8. The summed E-state index contributed by atoms with van der Waals surface area (Å²) in [7, 11) is 1.84. The molecule has 2 heterocycles. The van der Waals surface area contributed by atoms with Crippen molar-refractivity contribution in [3.63, 3.8) is 0 Å². The number of aryl methyl sites for hydroxylation is 1. The highest BCUT2D eigenvalue weighted by Crippen LogP contribution is 2.10. The summed E-state index contributed by atoms with van der Waals surface area (Å²) in [6.07, 6.45) is 4.80. The Balaban J connectivity index is 2.32. The molecule has 78 valence electrons. The maximum absolute atomic E-state index is 13.3. The smallest absolute Gasteiger partial charge is 0.222 e. The van der Waals surface area contributed by atoms with E-state index in [9.17, 15) is 4.39 Å². The molecule has 0 fully saturated rings. The zero-order valence-electron chi connectivity index (χ0n) is 7.98. The Hall–Kier alpha value is -1.49. The first-order valence-corrected chi connectivity index (χ1v) is 4.67. The van der Waals surface area contributed by atoms with Gasteiger partial charge in [-0.1, -0.05) is 0 Å². The van der Waals surface area contributed by atoms with Crippen molar-refractivity contribution in [1.29, 1.82) is 0 Å². The van der Waals surface area contributed by atoms with Gasteiger partial charge in [-0.2, -0.15) is 0 Å². The molecule has 0 amide bonds. The molecule has 0 aliphatic rings. The fourth-order valence-electron chi connectivity index (χ4n) is 1.22. The van der Waals surface area contributed by atoms with Crippen LogP contribution in [0.25, 0.3) is 0 Å². The van der Waals surface area contributed by atoms with Crippen LogP contribution in [0.3, 0.4) is 0 Å². The van der Waals surface area contributed by atoms with Crippen molar-refractivity contribution in [3.8, 4) is 0 Å². The molecule has 0 atom stereocenters. The molecule has 0 aliphatic carbocycles. The predicted molar refractivity (Wildman–Crippen MR) is 53.0 cm³/mol. The maximum atomic E-state index is 13.3. The lowest BCUT2D eigenvalue weighted by molar-refractivity contribution is 0.591. The number of halogens is 2. The molecule has 15 heavy (non-hydrogen) atoms. The van der Waals surface area contributed by atoms with Crippen molar-refractivity contribution in [2.75, 3.05) is 0 Å². The number of imidazole rings is 1. The quantitative estimate of drug-likeness (QED) is 0.731. The summed E-state index contributed by atoms with van der Waals surface area (Å²) in [6.45, 7) is 0. The van der Waals surface area contributed by atoms with Gasteiger partial charge in [-0.3, -0.25) is 0 Å². The third-order valence-corrected chi connectivity index (χ3v) is 2.22. The van der Waals surface area contributed by atoms with Crippen LogP contribution in [0.15, 0.2) is 18.6 Å². The van der Waals surface area contributed by atoms with Gasteiger partial charge >= 0.3 is 0 Å². The van der Waals surface area contributed by atoms with Crippen LogP contribution in [0.1, 0.15) is 11.5 Å². The molecule has 0 radical (unpaired) electrons. The number of hydrogen-bond acceptors (Lipinski definition) is 3.